The molecule has 2 atom stereocenters. The molecular formula is C20H29N3O2. The summed E-state index contributed by atoms with van der Waals surface area (Å²) in [6, 6.07) is 8.47. The molecular weight excluding hydrogens is 314 g/mol. The maximum atomic E-state index is 12.2. The predicted octanol–water partition coefficient (Wildman–Crippen LogP) is 1.81. The number of carbonyl (C=O) groups excluding carboxylic acids is 2. The highest BCUT2D eigenvalue weighted by Gasteiger charge is 2.25. The molecule has 5 nitrogen and oxygen atoms in total. The number of nitrogens with two attached hydrogens (primary N) is 1. The largest absolute Gasteiger partial charge is 0.369 e. The molecule has 2 amide bonds. The van der Waals surface area contributed by atoms with Crippen LogP contribution in [0, 0.1) is 5.92 Å². The number of likely N-dealkylation sites (tertiary alicyclic amines) is 1. The van der Waals surface area contributed by atoms with Crippen LogP contribution in [0.2, 0.25) is 0 Å². The van der Waals surface area contributed by atoms with Gasteiger partial charge in [0.25, 0.3) is 0 Å². The number of piperidine rings is 1. The fourth-order valence-corrected chi connectivity index (χ4v) is 4.17. The zero-order chi connectivity index (χ0) is 17.6. The number of primary amides is 1. The van der Waals surface area contributed by atoms with E-state index in [2.05, 4.69) is 34.5 Å². The number of nitrogens with one attached hydrogen (secondary N) is 1. The molecule has 2 unspecified atom stereocenters. The van der Waals surface area contributed by atoms with Crippen LogP contribution in [0.25, 0.3) is 0 Å². The molecule has 5 heteroatoms. The maximum absolute atomic E-state index is 12.2. The number of carbonyl (C=O) groups is 2. The Kier molecular flexibility index (Phi) is 6.08. The van der Waals surface area contributed by atoms with Gasteiger partial charge in [-0.25, -0.2) is 0 Å². The number of rotatable bonds is 7. The molecule has 3 N–H and O–H groups in total. The van der Waals surface area contributed by atoms with Gasteiger partial charge in [0.2, 0.25) is 11.8 Å². The van der Waals surface area contributed by atoms with Crippen molar-refractivity contribution in [1.29, 1.82) is 0 Å². The Morgan fingerprint density at radius 2 is 2.08 bits per heavy atom. The fraction of sp³-hybridized carbons (Fsp3) is 0.600. The first-order valence-corrected chi connectivity index (χ1v) is 9.49. The van der Waals surface area contributed by atoms with Crippen LogP contribution in [0.1, 0.15) is 49.1 Å². The molecule has 0 saturated carbocycles. The first kappa shape index (κ1) is 17.9. The second-order valence-electron chi connectivity index (χ2n) is 7.38. The van der Waals surface area contributed by atoms with E-state index in [1.54, 1.807) is 0 Å². The van der Waals surface area contributed by atoms with E-state index in [0.29, 0.717) is 18.9 Å². The monoisotopic (exact) mass is 343 g/mol. The van der Waals surface area contributed by atoms with Crippen LogP contribution in [0.4, 0.5) is 0 Å². The minimum Gasteiger partial charge on any atom is -0.369 e. The maximum Gasteiger partial charge on any atom is 0.221 e. The standard InChI is InChI=1S/C20H29N3O2/c21-20(25)17-6-3-11-23(14-17)12-4-10-22-19(24)13-16-9-8-15-5-1-2-7-18(15)16/h1-2,5,7,16-17H,3-4,6,8-14H2,(H2,21,25)(H,22,24). The second kappa shape index (κ2) is 8.48. The smallest absolute Gasteiger partial charge is 0.221 e. The van der Waals surface area contributed by atoms with Crippen molar-refractivity contribution in [3.63, 3.8) is 0 Å². The molecule has 1 aliphatic heterocycles. The van der Waals surface area contributed by atoms with Crippen LogP contribution in [0.5, 0.6) is 0 Å². The van der Waals surface area contributed by atoms with Crippen molar-refractivity contribution in [1.82, 2.24) is 10.2 Å². The Morgan fingerprint density at radius 1 is 1.24 bits per heavy atom. The molecule has 1 heterocycles. The molecule has 1 fully saturated rings. The van der Waals surface area contributed by atoms with Gasteiger partial charge >= 0.3 is 0 Å². The van der Waals surface area contributed by atoms with Crippen LogP contribution in [-0.4, -0.2) is 42.9 Å². The molecule has 136 valence electrons. The normalized spacial score (nSPS) is 23.2. The molecule has 1 aliphatic carbocycles. The Bertz CT molecular complexity index is 617. The molecule has 1 aromatic rings. The molecule has 0 bridgehead atoms. The van der Waals surface area contributed by atoms with Crippen LogP contribution in [-0.2, 0) is 16.0 Å². The Morgan fingerprint density at radius 3 is 2.92 bits per heavy atom. The zero-order valence-electron chi connectivity index (χ0n) is 14.9. The van der Waals surface area contributed by atoms with Gasteiger partial charge in [0.1, 0.15) is 0 Å². The first-order chi connectivity index (χ1) is 12.1. The average molecular weight is 343 g/mol. The summed E-state index contributed by atoms with van der Waals surface area (Å²) in [4.78, 5) is 25.8. The minimum absolute atomic E-state index is 0.00854. The van der Waals surface area contributed by atoms with E-state index >= 15 is 0 Å². The molecule has 3 rings (SSSR count). The number of hydrogen-bond donors (Lipinski definition) is 2. The summed E-state index contributed by atoms with van der Waals surface area (Å²) < 4.78 is 0. The van der Waals surface area contributed by atoms with E-state index in [0.717, 1.165) is 51.7 Å². The highest BCUT2D eigenvalue weighted by atomic mass is 16.2. The lowest BCUT2D eigenvalue weighted by atomic mass is 9.97. The third-order valence-corrected chi connectivity index (χ3v) is 5.57. The van der Waals surface area contributed by atoms with Gasteiger partial charge < -0.3 is 16.0 Å². The molecule has 0 aromatic heterocycles. The van der Waals surface area contributed by atoms with E-state index in [1.165, 1.54) is 11.1 Å². The number of aryl methyl sites for hydroxylation is 1. The van der Waals surface area contributed by atoms with Crippen molar-refractivity contribution in [3.05, 3.63) is 35.4 Å². The van der Waals surface area contributed by atoms with Crippen molar-refractivity contribution in [2.75, 3.05) is 26.2 Å². The topological polar surface area (TPSA) is 75.4 Å². The third-order valence-electron chi connectivity index (χ3n) is 5.57. The van der Waals surface area contributed by atoms with Crippen molar-refractivity contribution in [3.8, 4) is 0 Å². The van der Waals surface area contributed by atoms with Gasteiger partial charge in [0.15, 0.2) is 0 Å². The van der Waals surface area contributed by atoms with Gasteiger partial charge in [-0.2, -0.15) is 0 Å². The van der Waals surface area contributed by atoms with Crippen molar-refractivity contribution in [2.24, 2.45) is 11.7 Å². The van der Waals surface area contributed by atoms with E-state index in [1.807, 2.05) is 0 Å². The quantitative estimate of drug-likeness (QED) is 0.742. The Hall–Kier alpha value is -1.88. The lowest BCUT2D eigenvalue weighted by Gasteiger charge is -2.31. The molecule has 1 aromatic carbocycles. The number of amides is 2. The SMILES string of the molecule is NC(=O)C1CCCN(CCCNC(=O)CC2CCc3ccccc32)C1. The summed E-state index contributed by atoms with van der Waals surface area (Å²) in [5.41, 5.74) is 8.16. The van der Waals surface area contributed by atoms with Gasteiger partial charge in [0, 0.05) is 19.5 Å². The third kappa shape index (κ3) is 4.82. The summed E-state index contributed by atoms with van der Waals surface area (Å²) in [5.74, 6) is 0.325. The number of fused-ring (bicyclic) bond motifs is 1. The van der Waals surface area contributed by atoms with E-state index < -0.39 is 0 Å². The van der Waals surface area contributed by atoms with Gasteiger partial charge in [-0.1, -0.05) is 24.3 Å². The van der Waals surface area contributed by atoms with Crippen LogP contribution in [0.3, 0.4) is 0 Å². The number of hydrogen-bond acceptors (Lipinski definition) is 3. The fourth-order valence-electron chi connectivity index (χ4n) is 4.17. The van der Waals surface area contributed by atoms with Crippen LogP contribution < -0.4 is 11.1 Å². The second-order valence-corrected chi connectivity index (χ2v) is 7.38. The van der Waals surface area contributed by atoms with E-state index in [-0.39, 0.29) is 17.7 Å². The summed E-state index contributed by atoms with van der Waals surface area (Å²) >= 11 is 0. The predicted molar refractivity (Wildman–Crippen MR) is 98.1 cm³/mol. The van der Waals surface area contributed by atoms with Gasteiger partial charge in [-0.15, -0.1) is 0 Å². The number of benzene rings is 1. The van der Waals surface area contributed by atoms with Crippen molar-refractivity contribution < 1.29 is 9.59 Å². The molecule has 0 radical (unpaired) electrons. The average Bonchev–Trinajstić information content (AvgIpc) is 3.02. The molecule has 25 heavy (non-hydrogen) atoms. The first-order valence-electron chi connectivity index (χ1n) is 9.49. The van der Waals surface area contributed by atoms with Gasteiger partial charge in [-0.3, -0.25) is 9.59 Å². The summed E-state index contributed by atoms with van der Waals surface area (Å²) in [6.07, 6.45) is 5.61. The highest BCUT2D eigenvalue weighted by molar-refractivity contribution is 5.77. The summed E-state index contributed by atoms with van der Waals surface area (Å²) in [5, 5.41) is 3.06. The minimum atomic E-state index is -0.185. The van der Waals surface area contributed by atoms with Gasteiger partial charge in [0.05, 0.1) is 5.92 Å². The lowest BCUT2D eigenvalue weighted by Crippen LogP contribution is -2.42. The number of nitrogens with zero attached hydrogens (tertiary/aromatic N) is 1. The van der Waals surface area contributed by atoms with Gasteiger partial charge in [-0.05, 0) is 62.2 Å². The Balaban J connectivity index is 1.34. The van der Waals surface area contributed by atoms with E-state index in [9.17, 15) is 9.59 Å². The summed E-state index contributed by atoms with van der Waals surface area (Å²) in [6.45, 7) is 3.40. The van der Waals surface area contributed by atoms with Crippen molar-refractivity contribution in [2.45, 2.75) is 44.4 Å². The summed E-state index contributed by atoms with van der Waals surface area (Å²) in [7, 11) is 0. The zero-order valence-corrected chi connectivity index (χ0v) is 14.9. The Labute approximate surface area is 150 Å². The van der Waals surface area contributed by atoms with E-state index in [4.69, 9.17) is 5.73 Å². The van der Waals surface area contributed by atoms with Crippen LogP contribution in [0.15, 0.2) is 24.3 Å². The molecule has 0 spiro atoms. The lowest BCUT2D eigenvalue weighted by molar-refractivity contribution is -0.123. The molecule has 2 aliphatic rings. The van der Waals surface area contributed by atoms with Crippen molar-refractivity contribution >= 4 is 11.8 Å². The van der Waals surface area contributed by atoms with Crippen LogP contribution >= 0.6 is 0 Å². The highest BCUT2D eigenvalue weighted by Crippen LogP contribution is 2.34. The molecule has 1 saturated heterocycles.